The SMILES string of the molecule is CCn1cccc1[C@H]1[C@@H](c2ccccn2)NC(=S)N1c1ccc(NC(=O)COC)cc1. The lowest BCUT2D eigenvalue weighted by Gasteiger charge is -2.29. The Hall–Kier alpha value is -3.23. The summed E-state index contributed by atoms with van der Waals surface area (Å²) in [6, 6.07) is 17.6. The van der Waals surface area contributed by atoms with Gasteiger partial charge in [0.1, 0.15) is 12.6 Å². The van der Waals surface area contributed by atoms with E-state index >= 15 is 0 Å². The van der Waals surface area contributed by atoms with Gasteiger partial charge in [0.2, 0.25) is 5.91 Å². The summed E-state index contributed by atoms with van der Waals surface area (Å²) in [6.45, 7) is 3.00. The smallest absolute Gasteiger partial charge is 0.250 e. The Balaban J connectivity index is 1.69. The molecule has 3 aromatic rings. The number of nitrogens with zero attached hydrogens (tertiary/aromatic N) is 3. The topological polar surface area (TPSA) is 71.4 Å². The summed E-state index contributed by atoms with van der Waals surface area (Å²) >= 11 is 5.76. The van der Waals surface area contributed by atoms with Crippen molar-refractivity contribution in [3.63, 3.8) is 0 Å². The number of rotatable bonds is 7. The second-order valence-corrected chi connectivity index (χ2v) is 7.63. The number of hydrogen-bond acceptors (Lipinski definition) is 4. The molecule has 0 aliphatic carbocycles. The van der Waals surface area contributed by atoms with Crippen molar-refractivity contribution >= 4 is 34.6 Å². The summed E-state index contributed by atoms with van der Waals surface area (Å²) in [6.07, 6.45) is 3.88. The predicted molar refractivity (Wildman–Crippen MR) is 125 cm³/mol. The second-order valence-electron chi connectivity index (χ2n) is 7.24. The van der Waals surface area contributed by atoms with Crippen molar-refractivity contribution in [2.24, 2.45) is 0 Å². The summed E-state index contributed by atoms with van der Waals surface area (Å²) in [5.74, 6) is -0.192. The quantitative estimate of drug-likeness (QED) is 0.552. The number of aryl methyl sites for hydroxylation is 1. The zero-order valence-corrected chi connectivity index (χ0v) is 18.3. The molecule has 4 rings (SSSR count). The fraction of sp³-hybridized carbons (Fsp3) is 0.261. The van der Waals surface area contributed by atoms with Gasteiger partial charge in [0.25, 0.3) is 0 Å². The molecular weight excluding hydrogens is 410 g/mol. The van der Waals surface area contributed by atoms with Crippen LogP contribution in [0.2, 0.25) is 0 Å². The summed E-state index contributed by atoms with van der Waals surface area (Å²) in [4.78, 5) is 18.5. The highest BCUT2D eigenvalue weighted by Crippen LogP contribution is 2.41. The van der Waals surface area contributed by atoms with Gasteiger partial charge in [-0.05, 0) is 67.7 Å². The van der Waals surface area contributed by atoms with Crippen LogP contribution in [0.25, 0.3) is 0 Å². The zero-order valence-electron chi connectivity index (χ0n) is 17.5. The highest BCUT2D eigenvalue weighted by atomic mass is 32.1. The van der Waals surface area contributed by atoms with E-state index in [1.54, 1.807) is 6.20 Å². The van der Waals surface area contributed by atoms with Gasteiger partial charge in [0, 0.05) is 43.1 Å². The molecule has 0 bridgehead atoms. The fourth-order valence-electron chi connectivity index (χ4n) is 3.95. The second kappa shape index (κ2) is 9.28. The molecular formula is C23H25N5O2S. The Morgan fingerprint density at radius 1 is 1.19 bits per heavy atom. The first-order chi connectivity index (χ1) is 15.1. The molecule has 0 radical (unpaired) electrons. The Morgan fingerprint density at radius 3 is 2.68 bits per heavy atom. The van der Waals surface area contributed by atoms with Crippen LogP contribution in [0.1, 0.15) is 30.4 Å². The van der Waals surface area contributed by atoms with Crippen molar-refractivity contribution in [2.45, 2.75) is 25.6 Å². The van der Waals surface area contributed by atoms with Gasteiger partial charge in [-0.2, -0.15) is 0 Å². The Bertz CT molecular complexity index is 1050. The number of carbonyl (C=O) groups excluding carboxylic acids is 1. The van der Waals surface area contributed by atoms with Gasteiger partial charge in [-0.1, -0.05) is 6.07 Å². The molecule has 1 fully saturated rings. The first-order valence-electron chi connectivity index (χ1n) is 10.2. The molecule has 2 atom stereocenters. The molecule has 1 amide bonds. The highest BCUT2D eigenvalue weighted by Gasteiger charge is 2.41. The first-order valence-corrected chi connectivity index (χ1v) is 10.6. The van der Waals surface area contributed by atoms with E-state index in [4.69, 9.17) is 17.0 Å². The third-order valence-electron chi connectivity index (χ3n) is 5.31. The summed E-state index contributed by atoms with van der Waals surface area (Å²) < 4.78 is 7.10. The largest absolute Gasteiger partial charge is 0.375 e. The Morgan fingerprint density at radius 2 is 2.00 bits per heavy atom. The summed E-state index contributed by atoms with van der Waals surface area (Å²) in [5, 5.41) is 6.93. The standard InChI is InChI=1S/C23H25N5O2S/c1-3-27-14-6-8-19(27)22-21(18-7-4-5-13-24-18)26-23(31)28(22)17-11-9-16(10-12-17)25-20(29)15-30-2/h4-14,21-22H,3,15H2,1-2H3,(H,25,29)(H,26,31)/t21-,22+/m1/s1. The number of thiocarbonyl (C=S) groups is 1. The van der Waals surface area contributed by atoms with Crippen LogP contribution in [0.3, 0.4) is 0 Å². The number of ether oxygens (including phenoxy) is 1. The van der Waals surface area contributed by atoms with Crippen molar-refractivity contribution in [2.75, 3.05) is 23.9 Å². The van der Waals surface area contributed by atoms with Crippen LogP contribution in [-0.4, -0.2) is 34.3 Å². The van der Waals surface area contributed by atoms with E-state index in [9.17, 15) is 4.79 Å². The number of amides is 1. The molecule has 2 aromatic heterocycles. The molecule has 3 heterocycles. The van der Waals surface area contributed by atoms with Gasteiger partial charge >= 0.3 is 0 Å². The average molecular weight is 436 g/mol. The van der Waals surface area contributed by atoms with Gasteiger partial charge < -0.3 is 24.8 Å². The summed E-state index contributed by atoms with van der Waals surface area (Å²) in [5.41, 5.74) is 3.74. The lowest BCUT2D eigenvalue weighted by atomic mass is 10.0. The van der Waals surface area contributed by atoms with Crippen LogP contribution in [0.15, 0.2) is 67.0 Å². The molecule has 0 spiro atoms. The Kier molecular flexibility index (Phi) is 6.29. The number of anilines is 2. The van der Waals surface area contributed by atoms with Crippen LogP contribution >= 0.6 is 12.2 Å². The molecule has 31 heavy (non-hydrogen) atoms. The maximum absolute atomic E-state index is 11.8. The van der Waals surface area contributed by atoms with E-state index in [1.165, 1.54) is 7.11 Å². The zero-order chi connectivity index (χ0) is 21.8. The van der Waals surface area contributed by atoms with E-state index < -0.39 is 0 Å². The van der Waals surface area contributed by atoms with Gasteiger partial charge in [-0.3, -0.25) is 9.78 Å². The van der Waals surface area contributed by atoms with Gasteiger partial charge in [0.15, 0.2) is 5.11 Å². The molecule has 0 saturated carbocycles. The number of pyridine rings is 1. The number of hydrogen-bond donors (Lipinski definition) is 2. The van der Waals surface area contributed by atoms with Crippen molar-refractivity contribution < 1.29 is 9.53 Å². The number of methoxy groups -OCH3 is 1. The first kappa shape index (κ1) is 21.0. The molecule has 2 N–H and O–H groups in total. The van der Waals surface area contributed by atoms with Crippen LogP contribution in [0.5, 0.6) is 0 Å². The van der Waals surface area contributed by atoms with E-state index in [0.29, 0.717) is 10.8 Å². The van der Waals surface area contributed by atoms with Crippen LogP contribution < -0.4 is 15.5 Å². The molecule has 1 aliphatic rings. The van der Waals surface area contributed by atoms with E-state index in [1.807, 2.05) is 42.5 Å². The van der Waals surface area contributed by atoms with Gasteiger partial charge in [-0.15, -0.1) is 0 Å². The third-order valence-corrected chi connectivity index (χ3v) is 5.63. The minimum absolute atomic E-state index is 0.0176. The van der Waals surface area contributed by atoms with Crippen LogP contribution in [0, 0.1) is 0 Å². The average Bonchev–Trinajstić information content (AvgIpc) is 3.39. The number of aromatic nitrogens is 2. The van der Waals surface area contributed by atoms with Gasteiger partial charge in [-0.25, -0.2) is 0 Å². The summed E-state index contributed by atoms with van der Waals surface area (Å²) in [7, 11) is 1.49. The molecule has 7 nitrogen and oxygen atoms in total. The molecule has 8 heteroatoms. The number of carbonyl (C=O) groups is 1. The lowest BCUT2D eigenvalue weighted by molar-refractivity contribution is -0.119. The van der Waals surface area contributed by atoms with E-state index in [-0.39, 0.29) is 24.6 Å². The Labute approximate surface area is 187 Å². The number of benzene rings is 1. The van der Waals surface area contributed by atoms with Crippen molar-refractivity contribution in [3.8, 4) is 0 Å². The van der Waals surface area contributed by atoms with Crippen LogP contribution in [-0.2, 0) is 16.1 Å². The van der Waals surface area contributed by atoms with Gasteiger partial charge in [0.05, 0.1) is 11.7 Å². The maximum Gasteiger partial charge on any atom is 0.250 e. The molecule has 0 unspecified atom stereocenters. The lowest BCUT2D eigenvalue weighted by Crippen LogP contribution is -2.30. The van der Waals surface area contributed by atoms with E-state index in [0.717, 1.165) is 23.6 Å². The minimum atomic E-state index is -0.192. The molecule has 160 valence electrons. The molecule has 1 saturated heterocycles. The maximum atomic E-state index is 11.8. The van der Waals surface area contributed by atoms with Crippen molar-refractivity contribution in [1.29, 1.82) is 0 Å². The molecule has 1 aromatic carbocycles. The predicted octanol–water partition coefficient (Wildman–Crippen LogP) is 3.67. The molecule has 1 aliphatic heterocycles. The normalized spacial score (nSPS) is 18.1. The van der Waals surface area contributed by atoms with E-state index in [2.05, 4.69) is 50.3 Å². The fourth-order valence-corrected chi connectivity index (χ4v) is 4.30. The minimum Gasteiger partial charge on any atom is -0.375 e. The van der Waals surface area contributed by atoms with Crippen molar-refractivity contribution in [1.82, 2.24) is 14.9 Å². The van der Waals surface area contributed by atoms with Crippen molar-refractivity contribution in [3.05, 3.63) is 78.4 Å². The highest BCUT2D eigenvalue weighted by molar-refractivity contribution is 7.80. The third kappa shape index (κ3) is 4.30. The number of nitrogens with one attached hydrogen (secondary N) is 2. The van der Waals surface area contributed by atoms with Crippen LogP contribution in [0.4, 0.5) is 11.4 Å². The monoisotopic (exact) mass is 435 g/mol.